The van der Waals surface area contributed by atoms with Gasteiger partial charge >= 0.3 is 5.97 Å². The van der Waals surface area contributed by atoms with Crippen LogP contribution < -0.4 is 0 Å². The molecule has 1 unspecified atom stereocenters. The molecule has 0 aromatic carbocycles. The Morgan fingerprint density at radius 3 is 2.15 bits per heavy atom. The zero-order valence-electron chi connectivity index (χ0n) is 8.46. The van der Waals surface area contributed by atoms with Gasteiger partial charge in [0, 0.05) is 0 Å². The monoisotopic (exact) mass is 188 g/mol. The van der Waals surface area contributed by atoms with E-state index in [4.69, 9.17) is 9.84 Å². The minimum atomic E-state index is -1.69. The highest BCUT2D eigenvalue weighted by atomic mass is 16.5. The van der Waals surface area contributed by atoms with E-state index in [1.54, 1.807) is 0 Å². The topological polar surface area (TPSA) is 63.6 Å². The summed E-state index contributed by atoms with van der Waals surface area (Å²) in [7, 11) is 0. The van der Waals surface area contributed by atoms with E-state index in [-0.39, 0.29) is 12.5 Å². The third kappa shape index (κ3) is 3.14. The maximum Gasteiger partial charge on any atom is 0.343 e. The Morgan fingerprint density at radius 1 is 1.46 bits per heavy atom. The van der Waals surface area contributed by atoms with Crippen molar-refractivity contribution in [2.75, 3.05) is 6.61 Å². The largest absolute Gasteiger partial charge is 0.479 e. The van der Waals surface area contributed by atoms with E-state index in [1.807, 2.05) is 13.8 Å². The summed E-state index contributed by atoms with van der Waals surface area (Å²) in [4.78, 5) is 21.7. The molecule has 0 amide bonds. The Labute approximate surface area is 77.9 Å². The predicted molar refractivity (Wildman–Crippen MR) is 47.5 cm³/mol. The predicted octanol–water partition coefficient (Wildman–Crippen LogP) is 1.09. The second-order valence-corrected chi connectivity index (χ2v) is 3.60. The average molecular weight is 188 g/mol. The van der Waals surface area contributed by atoms with Crippen LogP contribution >= 0.6 is 0 Å². The van der Waals surface area contributed by atoms with Gasteiger partial charge in [0.1, 0.15) is 0 Å². The normalized spacial score (nSPS) is 15.5. The van der Waals surface area contributed by atoms with Crippen molar-refractivity contribution in [3.05, 3.63) is 0 Å². The molecule has 0 fully saturated rings. The molecule has 0 aliphatic rings. The molecule has 1 atom stereocenters. The van der Waals surface area contributed by atoms with Crippen LogP contribution in [0.2, 0.25) is 0 Å². The Kier molecular flexibility index (Phi) is 4.07. The fourth-order valence-electron chi connectivity index (χ4n) is 0.647. The van der Waals surface area contributed by atoms with E-state index in [9.17, 15) is 9.59 Å². The molecule has 0 aliphatic heterocycles. The van der Waals surface area contributed by atoms with Crippen LogP contribution in [-0.2, 0) is 14.3 Å². The summed E-state index contributed by atoms with van der Waals surface area (Å²) in [6.07, 6.45) is 0. The summed E-state index contributed by atoms with van der Waals surface area (Å²) in [5.41, 5.74) is -1.69. The second-order valence-electron chi connectivity index (χ2n) is 3.60. The van der Waals surface area contributed by atoms with Crippen molar-refractivity contribution in [1.82, 2.24) is 0 Å². The number of carbonyl (C=O) groups excluding carboxylic acids is 1. The SMILES string of the molecule is CC(=O)C(C)(OCC(C)C)C(=O)O. The van der Waals surface area contributed by atoms with Gasteiger partial charge in [-0.3, -0.25) is 4.79 Å². The number of ketones is 1. The number of carbonyl (C=O) groups is 2. The Bertz CT molecular complexity index is 194. The first-order chi connectivity index (χ1) is 5.80. The average Bonchev–Trinajstić information content (AvgIpc) is 1.99. The lowest BCUT2D eigenvalue weighted by Gasteiger charge is -2.23. The fraction of sp³-hybridized carbons (Fsp3) is 0.778. The van der Waals surface area contributed by atoms with Crippen molar-refractivity contribution in [3.63, 3.8) is 0 Å². The molecule has 0 heterocycles. The van der Waals surface area contributed by atoms with Crippen LogP contribution in [0.25, 0.3) is 0 Å². The number of hydrogen-bond donors (Lipinski definition) is 1. The number of aliphatic carboxylic acids is 1. The van der Waals surface area contributed by atoms with Crippen LogP contribution in [0.5, 0.6) is 0 Å². The van der Waals surface area contributed by atoms with Crippen LogP contribution in [0.15, 0.2) is 0 Å². The van der Waals surface area contributed by atoms with Crippen molar-refractivity contribution in [1.29, 1.82) is 0 Å². The summed E-state index contributed by atoms with van der Waals surface area (Å²) < 4.78 is 5.06. The summed E-state index contributed by atoms with van der Waals surface area (Å²) in [5.74, 6) is -1.51. The fourth-order valence-corrected chi connectivity index (χ4v) is 0.647. The van der Waals surface area contributed by atoms with E-state index >= 15 is 0 Å². The smallest absolute Gasteiger partial charge is 0.343 e. The van der Waals surface area contributed by atoms with Crippen LogP contribution in [-0.4, -0.2) is 29.1 Å². The van der Waals surface area contributed by atoms with Gasteiger partial charge in [-0.25, -0.2) is 4.79 Å². The molecule has 0 saturated heterocycles. The highest BCUT2D eigenvalue weighted by molar-refractivity contribution is 6.04. The molecule has 0 rings (SSSR count). The molecule has 0 aromatic heterocycles. The van der Waals surface area contributed by atoms with Gasteiger partial charge in [0.15, 0.2) is 5.78 Å². The van der Waals surface area contributed by atoms with Crippen molar-refractivity contribution in [2.24, 2.45) is 5.92 Å². The number of carboxylic acids is 1. The maximum atomic E-state index is 11.0. The van der Waals surface area contributed by atoms with E-state index in [2.05, 4.69) is 0 Å². The molecule has 13 heavy (non-hydrogen) atoms. The van der Waals surface area contributed by atoms with Gasteiger partial charge in [0.2, 0.25) is 5.60 Å². The molecule has 76 valence electrons. The van der Waals surface area contributed by atoms with Crippen LogP contribution in [0.1, 0.15) is 27.7 Å². The van der Waals surface area contributed by atoms with Crippen molar-refractivity contribution < 1.29 is 19.4 Å². The zero-order chi connectivity index (χ0) is 10.6. The Hall–Kier alpha value is -0.900. The van der Waals surface area contributed by atoms with Gasteiger partial charge in [-0.05, 0) is 19.8 Å². The van der Waals surface area contributed by atoms with E-state index in [0.717, 1.165) is 0 Å². The molecule has 4 heteroatoms. The molecular weight excluding hydrogens is 172 g/mol. The number of rotatable bonds is 5. The van der Waals surface area contributed by atoms with E-state index < -0.39 is 17.4 Å². The molecule has 0 radical (unpaired) electrons. The van der Waals surface area contributed by atoms with Gasteiger partial charge in [-0.15, -0.1) is 0 Å². The van der Waals surface area contributed by atoms with E-state index in [0.29, 0.717) is 0 Å². The summed E-state index contributed by atoms with van der Waals surface area (Å²) >= 11 is 0. The molecule has 1 N–H and O–H groups in total. The molecule has 0 aliphatic carbocycles. The van der Waals surface area contributed by atoms with Crippen LogP contribution in [0.3, 0.4) is 0 Å². The van der Waals surface area contributed by atoms with Gasteiger partial charge in [-0.1, -0.05) is 13.8 Å². The van der Waals surface area contributed by atoms with Gasteiger partial charge in [-0.2, -0.15) is 0 Å². The van der Waals surface area contributed by atoms with Gasteiger partial charge in [0.25, 0.3) is 0 Å². The van der Waals surface area contributed by atoms with Crippen LogP contribution in [0.4, 0.5) is 0 Å². The van der Waals surface area contributed by atoms with Gasteiger partial charge < -0.3 is 9.84 Å². The Balaban J connectivity index is 4.44. The number of carboxylic acid groups (broad SMARTS) is 1. The summed E-state index contributed by atoms with van der Waals surface area (Å²) in [6.45, 7) is 6.54. The quantitative estimate of drug-likeness (QED) is 0.656. The molecular formula is C9H16O4. The van der Waals surface area contributed by atoms with Crippen molar-refractivity contribution in [2.45, 2.75) is 33.3 Å². The van der Waals surface area contributed by atoms with Gasteiger partial charge in [0.05, 0.1) is 6.61 Å². The highest BCUT2D eigenvalue weighted by Gasteiger charge is 2.39. The molecule has 0 aromatic rings. The molecule has 0 bridgehead atoms. The zero-order valence-corrected chi connectivity index (χ0v) is 8.46. The Morgan fingerprint density at radius 2 is 1.92 bits per heavy atom. The first kappa shape index (κ1) is 12.1. The summed E-state index contributed by atoms with van der Waals surface area (Å²) in [6, 6.07) is 0. The highest BCUT2D eigenvalue weighted by Crippen LogP contribution is 2.13. The molecule has 0 spiro atoms. The number of ether oxygens (including phenoxy) is 1. The lowest BCUT2D eigenvalue weighted by molar-refractivity contribution is -0.170. The second kappa shape index (κ2) is 4.37. The third-order valence-corrected chi connectivity index (χ3v) is 1.79. The third-order valence-electron chi connectivity index (χ3n) is 1.79. The minimum absolute atomic E-state index is 0.207. The summed E-state index contributed by atoms with van der Waals surface area (Å²) in [5, 5.41) is 8.77. The lowest BCUT2D eigenvalue weighted by atomic mass is 10.0. The van der Waals surface area contributed by atoms with E-state index in [1.165, 1.54) is 13.8 Å². The maximum absolute atomic E-state index is 11.0. The number of hydrogen-bond acceptors (Lipinski definition) is 3. The first-order valence-electron chi connectivity index (χ1n) is 4.19. The molecule has 4 nitrogen and oxygen atoms in total. The van der Waals surface area contributed by atoms with Crippen molar-refractivity contribution in [3.8, 4) is 0 Å². The number of Topliss-reactive ketones (excluding diaryl/α,β-unsaturated/α-hetero) is 1. The standard InChI is InChI=1S/C9H16O4/c1-6(2)5-13-9(4,7(3)10)8(11)12/h6H,5H2,1-4H3,(H,11,12). The first-order valence-corrected chi connectivity index (χ1v) is 4.19. The lowest BCUT2D eigenvalue weighted by Crippen LogP contribution is -2.45. The minimum Gasteiger partial charge on any atom is -0.479 e. The van der Waals surface area contributed by atoms with Crippen LogP contribution in [0, 0.1) is 5.92 Å². The van der Waals surface area contributed by atoms with Crippen molar-refractivity contribution >= 4 is 11.8 Å². The molecule has 0 saturated carbocycles.